The van der Waals surface area contributed by atoms with Gasteiger partial charge in [-0.15, -0.1) is 10.2 Å². The van der Waals surface area contributed by atoms with Crippen molar-refractivity contribution in [2.75, 3.05) is 0 Å². The lowest BCUT2D eigenvalue weighted by Crippen LogP contribution is -2.27. The van der Waals surface area contributed by atoms with Crippen LogP contribution in [0.3, 0.4) is 0 Å². The normalized spacial score (nSPS) is 14.5. The molecule has 8 nitrogen and oxygen atoms in total. The van der Waals surface area contributed by atoms with Crippen molar-refractivity contribution in [2.45, 2.75) is 64.8 Å². The number of H-pyrrole nitrogens is 1. The highest BCUT2D eigenvalue weighted by Gasteiger charge is 2.23. The number of benzene rings is 1. The highest BCUT2D eigenvalue weighted by Crippen LogP contribution is 2.30. The van der Waals surface area contributed by atoms with Gasteiger partial charge in [0.25, 0.3) is 0 Å². The summed E-state index contributed by atoms with van der Waals surface area (Å²) in [6.45, 7) is 2.85. The number of imidazole rings is 1. The van der Waals surface area contributed by atoms with Crippen LogP contribution in [0.15, 0.2) is 47.4 Å². The Morgan fingerprint density at radius 3 is 2.63 bits per heavy atom. The third-order valence-corrected chi connectivity index (χ3v) is 7.31. The van der Waals surface area contributed by atoms with Crippen molar-refractivity contribution in [3.63, 3.8) is 0 Å². The molecule has 0 spiro atoms. The standard InChI is InChI=1S/C26H30ClN7O/c1-2-3-11-22-24(27)33(17-18-8-5-4-6-9-18)26(35)34(22)20-14-12-19(13-15-20)23-21(10-7-16-28-23)25-29-31-32-30-25/h7,10,12-16,18H,2-6,8-9,11,17H2,1H3,(H,29,30,31,32). The summed E-state index contributed by atoms with van der Waals surface area (Å²) in [6.07, 6.45) is 10.6. The van der Waals surface area contributed by atoms with E-state index in [1.54, 1.807) is 15.3 Å². The number of hydrogen-bond acceptors (Lipinski definition) is 5. The number of nitrogens with one attached hydrogen (secondary N) is 1. The zero-order chi connectivity index (χ0) is 24.2. The van der Waals surface area contributed by atoms with E-state index < -0.39 is 0 Å². The predicted octanol–water partition coefficient (Wildman–Crippen LogP) is 5.46. The summed E-state index contributed by atoms with van der Waals surface area (Å²) >= 11 is 6.85. The Balaban J connectivity index is 1.51. The van der Waals surface area contributed by atoms with Crippen LogP contribution in [0, 0.1) is 5.92 Å². The number of halogens is 1. The molecule has 1 N–H and O–H groups in total. The molecule has 1 fully saturated rings. The topological polar surface area (TPSA) is 94.3 Å². The van der Waals surface area contributed by atoms with E-state index in [2.05, 4.69) is 32.5 Å². The molecule has 35 heavy (non-hydrogen) atoms. The molecule has 1 aliphatic rings. The van der Waals surface area contributed by atoms with Crippen molar-refractivity contribution in [1.82, 2.24) is 34.7 Å². The quantitative estimate of drug-likeness (QED) is 0.353. The molecule has 1 saturated carbocycles. The SMILES string of the molecule is CCCCc1c(Cl)n(CC2CCCCC2)c(=O)n1-c1ccc(-c2ncccc2-c2nn[nH]n2)cc1. The molecule has 0 unspecified atom stereocenters. The van der Waals surface area contributed by atoms with E-state index in [0.29, 0.717) is 23.4 Å². The van der Waals surface area contributed by atoms with Gasteiger partial charge in [0.1, 0.15) is 5.15 Å². The molecular weight excluding hydrogens is 462 g/mol. The maximum absolute atomic E-state index is 13.6. The van der Waals surface area contributed by atoms with E-state index >= 15 is 0 Å². The maximum atomic E-state index is 13.6. The second-order valence-corrected chi connectivity index (χ2v) is 9.61. The number of aromatic nitrogens is 7. The number of hydrogen-bond donors (Lipinski definition) is 1. The minimum atomic E-state index is -0.0512. The highest BCUT2D eigenvalue weighted by molar-refractivity contribution is 6.30. The van der Waals surface area contributed by atoms with Crippen molar-refractivity contribution >= 4 is 11.6 Å². The van der Waals surface area contributed by atoms with Gasteiger partial charge in [0.2, 0.25) is 5.82 Å². The Hall–Kier alpha value is -3.26. The molecule has 182 valence electrons. The predicted molar refractivity (Wildman–Crippen MR) is 137 cm³/mol. The van der Waals surface area contributed by atoms with Crippen LogP contribution in [-0.2, 0) is 13.0 Å². The number of pyridine rings is 1. The van der Waals surface area contributed by atoms with Crippen molar-refractivity contribution in [1.29, 1.82) is 0 Å². The molecule has 5 rings (SSSR count). The molecule has 9 heteroatoms. The van der Waals surface area contributed by atoms with Crippen LogP contribution in [-0.4, -0.2) is 34.7 Å². The van der Waals surface area contributed by atoms with Crippen molar-refractivity contribution in [2.24, 2.45) is 5.92 Å². The maximum Gasteiger partial charge on any atom is 0.334 e. The molecular formula is C26H30ClN7O. The number of rotatable bonds is 8. The first-order chi connectivity index (χ1) is 17.2. The number of nitrogens with zero attached hydrogens (tertiary/aromatic N) is 6. The minimum Gasteiger partial charge on any atom is -0.282 e. The molecule has 4 aromatic rings. The Bertz CT molecular complexity index is 1320. The van der Waals surface area contributed by atoms with Gasteiger partial charge in [-0.25, -0.2) is 4.79 Å². The number of unbranched alkanes of at least 4 members (excludes halogenated alkanes) is 1. The monoisotopic (exact) mass is 491 g/mol. The van der Waals surface area contributed by atoms with Gasteiger partial charge in [-0.05, 0) is 61.1 Å². The first-order valence-corrected chi connectivity index (χ1v) is 12.8. The molecule has 3 aromatic heterocycles. The van der Waals surface area contributed by atoms with Gasteiger partial charge in [0.05, 0.1) is 17.1 Å². The highest BCUT2D eigenvalue weighted by atomic mass is 35.5. The van der Waals surface area contributed by atoms with E-state index in [1.165, 1.54) is 32.1 Å². The second-order valence-electron chi connectivity index (χ2n) is 9.26. The van der Waals surface area contributed by atoms with Crippen LogP contribution in [0.4, 0.5) is 0 Å². The second kappa shape index (κ2) is 10.6. The Morgan fingerprint density at radius 2 is 1.91 bits per heavy atom. The first-order valence-electron chi connectivity index (χ1n) is 12.5. The van der Waals surface area contributed by atoms with E-state index in [1.807, 2.05) is 36.4 Å². The van der Waals surface area contributed by atoms with E-state index in [-0.39, 0.29) is 5.69 Å². The molecule has 0 radical (unpaired) electrons. The van der Waals surface area contributed by atoms with Gasteiger partial charge >= 0.3 is 5.69 Å². The molecule has 0 amide bonds. The fraction of sp³-hybridized carbons (Fsp3) is 0.423. The van der Waals surface area contributed by atoms with E-state index in [4.69, 9.17) is 11.6 Å². The Labute approximate surface area is 209 Å². The third kappa shape index (κ3) is 4.80. The molecule has 0 bridgehead atoms. The van der Waals surface area contributed by atoms with Crippen molar-refractivity contribution in [3.8, 4) is 28.3 Å². The molecule has 0 aliphatic heterocycles. The van der Waals surface area contributed by atoms with Crippen LogP contribution >= 0.6 is 11.6 Å². The molecule has 1 aliphatic carbocycles. The van der Waals surface area contributed by atoms with Crippen LogP contribution in [0.2, 0.25) is 5.15 Å². The Kier molecular flexibility index (Phi) is 7.08. The lowest BCUT2D eigenvalue weighted by molar-refractivity contribution is 0.316. The Morgan fingerprint density at radius 1 is 1.11 bits per heavy atom. The average molecular weight is 492 g/mol. The fourth-order valence-corrected chi connectivity index (χ4v) is 5.36. The zero-order valence-corrected chi connectivity index (χ0v) is 20.7. The summed E-state index contributed by atoms with van der Waals surface area (Å²) in [5.41, 5.74) is 4.11. The molecule has 1 aromatic carbocycles. The van der Waals surface area contributed by atoms with Crippen molar-refractivity contribution in [3.05, 3.63) is 63.9 Å². The molecule has 0 saturated heterocycles. The fourth-order valence-electron chi connectivity index (χ4n) is 5.04. The van der Waals surface area contributed by atoms with Gasteiger partial charge in [-0.3, -0.25) is 14.1 Å². The summed E-state index contributed by atoms with van der Waals surface area (Å²) in [7, 11) is 0. The van der Waals surface area contributed by atoms with E-state index in [0.717, 1.165) is 47.5 Å². The molecule has 3 heterocycles. The van der Waals surface area contributed by atoms with Gasteiger partial charge in [0, 0.05) is 23.9 Å². The summed E-state index contributed by atoms with van der Waals surface area (Å²) in [6, 6.07) is 11.6. The number of tetrazole rings is 1. The van der Waals surface area contributed by atoms with Crippen molar-refractivity contribution < 1.29 is 0 Å². The molecule has 0 atom stereocenters. The van der Waals surface area contributed by atoms with Crippen LogP contribution in [0.5, 0.6) is 0 Å². The largest absolute Gasteiger partial charge is 0.334 e. The first kappa shape index (κ1) is 23.5. The van der Waals surface area contributed by atoms with Gasteiger partial charge in [-0.1, -0.05) is 56.3 Å². The summed E-state index contributed by atoms with van der Waals surface area (Å²) < 4.78 is 3.59. The van der Waals surface area contributed by atoms with Crippen LogP contribution in [0.1, 0.15) is 57.6 Å². The lowest BCUT2D eigenvalue weighted by atomic mass is 9.89. The van der Waals surface area contributed by atoms with Gasteiger partial charge < -0.3 is 0 Å². The number of aromatic amines is 1. The minimum absolute atomic E-state index is 0.0512. The average Bonchev–Trinajstić information content (AvgIpc) is 3.52. The van der Waals surface area contributed by atoms with Gasteiger partial charge in [0.15, 0.2) is 0 Å². The zero-order valence-electron chi connectivity index (χ0n) is 20.0. The van der Waals surface area contributed by atoms with Crippen LogP contribution in [0.25, 0.3) is 28.3 Å². The third-order valence-electron chi connectivity index (χ3n) is 6.89. The summed E-state index contributed by atoms with van der Waals surface area (Å²) in [4.78, 5) is 18.2. The summed E-state index contributed by atoms with van der Waals surface area (Å²) in [5, 5.41) is 14.9. The van der Waals surface area contributed by atoms with Crippen LogP contribution < -0.4 is 5.69 Å². The summed E-state index contributed by atoms with van der Waals surface area (Å²) in [5.74, 6) is 1.01. The van der Waals surface area contributed by atoms with Gasteiger partial charge in [-0.2, -0.15) is 5.21 Å². The smallest absolute Gasteiger partial charge is 0.282 e. The lowest BCUT2D eigenvalue weighted by Gasteiger charge is -2.21. The van der Waals surface area contributed by atoms with E-state index in [9.17, 15) is 4.79 Å².